The third-order valence-electron chi connectivity index (χ3n) is 9.36. The van der Waals surface area contributed by atoms with Crippen LogP contribution in [0.4, 0.5) is 8.78 Å². The van der Waals surface area contributed by atoms with Crippen LogP contribution in [0.5, 0.6) is 0 Å². The van der Waals surface area contributed by atoms with E-state index >= 15 is 4.39 Å². The lowest BCUT2D eigenvalue weighted by Gasteiger charge is -2.43. The molecule has 3 aliphatic heterocycles. The molecule has 1 N–H and O–H groups in total. The second-order valence-corrected chi connectivity index (χ2v) is 12.6. The van der Waals surface area contributed by atoms with Gasteiger partial charge in [0.2, 0.25) is 5.91 Å². The molecule has 2 aromatic carbocycles. The van der Waals surface area contributed by atoms with E-state index in [1.807, 2.05) is 29.7 Å². The highest BCUT2D eigenvalue weighted by atomic mass is 35.5. The van der Waals surface area contributed by atoms with E-state index < -0.39 is 29.6 Å². The van der Waals surface area contributed by atoms with Gasteiger partial charge in [0.15, 0.2) is 0 Å². The minimum absolute atomic E-state index is 0.0386. The number of rotatable bonds is 7. The number of hydrogen-bond donors (Lipinski definition) is 1. The molecule has 42 heavy (non-hydrogen) atoms. The second-order valence-electron chi connectivity index (χ2n) is 12.2. The number of ether oxygens (including phenoxy) is 1. The Kier molecular flexibility index (Phi) is 9.52. The second kappa shape index (κ2) is 13.0. The van der Waals surface area contributed by atoms with Crippen molar-refractivity contribution in [2.45, 2.75) is 64.1 Å². The molecule has 0 spiro atoms. The van der Waals surface area contributed by atoms with Crippen LogP contribution in [0.1, 0.15) is 47.9 Å². The number of benzene rings is 2. The Hall–Kier alpha value is -2.59. The summed E-state index contributed by atoms with van der Waals surface area (Å²) in [6, 6.07) is 7.09. The Morgan fingerprint density at radius 1 is 1.05 bits per heavy atom. The zero-order valence-electron chi connectivity index (χ0n) is 24.5. The predicted octanol–water partition coefficient (Wildman–Crippen LogP) is 4.66. The maximum Gasteiger partial charge on any atom is 0.321 e. The van der Waals surface area contributed by atoms with Crippen LogP contribution in [0.15, 0.2) is 30.3 Å². The summed E-state index contributed by atoms with van der Waals surface area (Å²) >= 11 is 6.04. The highest BCUT2D eigenvalue weighted by molar-refractivity contribution is 6.30. The molecule has 0 aliphatic carbocycles. The minimum Gasteiger partial charge on any atom is -0.480 e. The first-order valence-corrected chi connectivity index (χ1v) is 15.2. The van der Waals surface area contributed by atoms with Gasteiger partial charge >= 0.3 is 5.97 Å². The number of likely N-dealkylation sites (tertiary alicyclic amines) is 1. The standard InChI is InChI=1S/C32H40ClF2N3O4/c1-19-12-20(2)25(28(34)13-19)15-30(32(40)41)36-8-9-38(21(3)16-36)31(39)27-18-37(23-6-10-42-11-7-23)17-26(27)24-5-4-22(33)14-29(24)35/h4-5,12-14,21,23,26-27,30H,6-11,15-18H2,1-3H3,(H,40,41)/t21-,26-,27+,30-/m0/s1. The number of aryl methyl sites for hydroxylation is 2. The Morgan fingerprint density at radius 2 is 1.79 bits per heavy atom. The maximum absolute atomic E-state index is 15.2. The summed E-state index contributed by atoms with van der Waals surface area (Å²) in [6.45, 7) is 9.06. The van der Waals surface area contributed by atoms with E-state index in [9.17, 15) is 19.1 Å². The lowest BCUT2D eigenvalue weighted by Crippen LogP contribution is -2.59. The third kappa shape index (κ3) is 6.49. The maximum atomic E-state index is 15.2. The molecule has 0 aromatic heterocycles. The van der Waals surface area contributed by atoms with Crippen LogP contribution in [0.3, 0.4) is 0 Å². The van der Waals surface area contributed by atoms with Gasteiger partial charge in [0.25, 0.3) is 0 Å². The molecule has 0 saturated carbocycles. The Morgan fingerprint density at radius 3 is 2.43 bits per heavy atom. The van der Waals surface area contributed by atoms with Gasteiger partial charge in [-0.25, -0.2) is 8.78 Å². The van der Waals surface area contributed by atoms with E-state index in [2.05, 4.69) is 4.90 Å². The first kappa shape index (κ1) is 30.9. The fraction of sp³-hybridized carbons (Fsp3) is 0.562. The van der Waals surface area contributed by atoms with Gasteiger partial charge in [0, 0.05) is 75.4 Å². The normalized spacial score (nSPS) is 25.1. The molecule has 0 unspecified atom stereocenters. The van der Waals surface area contributed by atoms with E-state index in [1.54, 1.807) is 19.1 Å². The fourth-order valence-corrected chi connectivity index (χ4v) is 7.29. The van der Waals surface area contributed by atoms with Gasteiger partial charge in [0.05, 0.1) is 5.92 Å². The molecule has 3 saturated heterocycles. The SMILES string of the molecule is Cc1cc(C)c(C[C@@H](C(=O)O)N2CCN(C(=O)[C@@H]3CN(C4CCOCC4)C[C@H]3c3ccc(Cl)cc3F)[C@@H](C)C2)c(F)c1. The average Bonchev–Trinajstić information content (AvgIpc) is 3.38. The molecule has 0 radical (unpaired) electrons. The van der Waals surface area contributed by atoms with Crippen molar-refractivity contribution in [1.82, 2.24) is 14.7 Å². The number of amides is 1. The van der Waals surface area contributed by atoms with Crippen LogP contribution < -0.4 is 0 Å². The summed E-state index contributed by atoms with van der Waals surface area (Å²) in [5, 5.41) is 10.4. The largest absolute Gasteiger partial charge is 0.480 e. The van der Waals surface area contributed by atoms with Gasteiger partial charge in [-0.3, -0.25) is 19.4 Å². The molecule has 3 aliphatic rings. The zero-order valence-corrected chi connectivity index (χ0v) is 25.2. The van der Waals surface area contributed by atoms with Crippen molar-refractivity contribution in [2.24, 2.45) is 5.92 Å². The van der Waals surface area contributed by atoms with Crippen LogP contribution in [0, 0.1) is 31.4 Å². The van der Waals surface area contributed by atoms with E-state index in [1.165, 1.54) is 12.1 Å². The fourth-order valence-electron chi connectivity index (χ4n) is 7.13. The van der Waals surface area contributed by atoms with Gasteiger partial charge < -0.3 is 14.7 Å². The zero-order chi connectivity index (χ0) is 30.1. The molecule has 10 heteroatoms. The quantitative estimate of drug-likeness (QED) is 0.496. The van der Waals surface area contributed by atoms with Crippen molar-refractivity contribution in [3.63, 3.8) is 0 Å². The monoisotopic (exact) mass is 603 g/mol. The molecule has 228 valence electrons. The van der Waals surface area contributed by atoms with E-state index in [4.69, 9.17) is 16.3 Å². The number of carboxylic acid groups (broad SMARTS) is 1. The first-order chi connectivity index (χ1) is 20.0. The van der Waals surface area contributed by atoms with Gasteiger partial charge in [0.1, 0.15) is 17.7 Å². The number of piperazine rings is 1. The molecule has 1 amide bonds. The van der Waals surface area contributed by atoms with E-state index in [0.717, 1.165) is 24.0 Å². The number of carbonyl (C=O) groups excluding carboxylic acids is 1. The number of halogens is 3. The van der Waals surface area contributed by atoms with Crippen LogP contribution in [0.25, 0.3) is 0 Å². The van der Waals surface area contributed by atoms with Crippen molar-refractivity contribution in [2.75, 3.05) is 45.9 Å². The van der Waals surface area contributed by atoms with Crippen molar-refractivity contribution in [1.29, 1.82) is 0 Å². The lowest BCUT2D eigenvalue weighted by molar-refractivity contribution is -0.147. The molecule has 7 nitrogen and oxygen atoms in total. The predicted molar refractivity (Wildman–Crippen MR) is 157 cm³/mol. The third-order valence-corrected chi connectivity index (χ3v) is 9.60. The number of hydrogen-bond acceptors (Lipinski definition) is 5. The van der Waals surface area contributed by atoms with Crippen LogP contribution in [-0.2, 0) is 20.7 Å². The summed E-state index contributed by atoms with van der Waals surface area (Å²) in [5.41, 5.74) is 2.43. The topological polar surface area (TPSA) is 73.3 Å². The Labute approximate surface area is 251 Å². The van der Waals surface area contributed by atoms with Crippen LogP contribution in [-0.4, -0.2) is 95.7 Å². The highest BCUT2D eigenvalue weighted by Gasteiger charge is 2.45. The number of nitrogens with zero attached hydrogens (tertiary/aromatic N) is 3. The van der Waals surface area contributed by atoms with Crippen molar-refractivity contribution < 1.29 is 28.2 Å². The summed E-state index contributed by atoms with van der Waals surface area (Å²) < 4.78 is 35.5. The summed E-state index contributed by atoms with van der Waals surface area (Å²) in [4.78, 5) is 32.5. The van der Waals surface area contributed by atoms with E-state index in [0.29, 0.717) is 62.1 Å². The molecule has 5 rings (SSSR count). The van der Waals surface area contributed by atoms with Crippen LogP contribution >= 0.6 is 11.6 Å². The first-order valence-electron chi connectivity index (χ1n) is 14.8. The Balaban J connectivity index is 1.33. The summed E-state index contributed by atoms with van der Waals surface area (Å²) in [6.07, 6.45) is 1.81. The molecule has 3 fully saturated rings. The van der Waals surface area contributed by atoms with Crippen molar-refractivity contribution in [3.8, 4) is 0 Å². The molecule has 2 aromatic rings. The van der Waals surface area contributed by atoms with Crippen LogP contribution in [0.2, 0.25) is 5.02 Å². The van der Waals surface area contributed by atoms with Crippen molar-refractivity contribution in [3.05, 3.63) is 69.2 Å². The average molecular weight is 604 g/mol. The molecular weight excluding hydrogens is 564 g/mol. The van der Waals surface area contributed by atoms with Crippen molar-refractivity contribution >= 4 is 23.5 Å². The minimum atomic E-state index is -1.01. The van der Waals surface area contributed by atoms with Gasteiger partial charge in [-0.1, -0.05) is 23.7 Å². The molecule has 4 atom stereocenters. The highest BCUT2D eigenvalue weighted by Crippen LogP contribution is 2.39. The summed E-state index contributed by atoms with van der Waals surface area (Å²) in [7, 11) is 0. The number of aliphatic carboxylic acids is 1. The molecule has 3 heterocycles. The van der Waals surface area contributed by atoms with E-state index in [-0.39, 0.29) is 30.3 Å². The van der Waals surface area contributed by atoms with Gasteiger partial charge in [-0.2, -0.15) is 0 Å². The van der Waals surface area contributed by atoms with Gasteiger partial charge in [-0.15, -0.1) is 0 Å². The number of carboxylic acids is 1. The summed E-state index contributed by atoms with van der Waals surface area (Å²) in [5.74, 6) is -2.60. The Bertz CT molecular complexity index is 1300. The number of carbonyl (C=O) groups is 2. The smallest absolute Gasteiger partial charge is 0.321 e. The molecule has 0 bridgehead atoms. The lowest BCUT2D eigenvalue weighted by atomic mass is 9.87. The van der Waals surface area contributed by atoms with Gasteiger partial charge in [-0.05, 0) is 74.1 Å². The molecular formula is C32H40ClF2N3O4.